The van der Waals surface area contributed by atoms with Crippen molar-refractivity contribution in [3.8, 4) is 11.1 Å². The zero-order valence-corrected chi connectivity index (χ0v) is 13.5. The van der Waals surface area contributed by atoms with Gasteiger partial charge in [0, 0.05) is 23.0 Å². The highest BCUT2D eigenvalue weighted by Gasteiger charge is 2.09. The normalized spacial score (nSPS) is 11.1. The summed E-state index contributed by atoms with van der Waals surface area (Å²) >= 11 is 0. The number of guanidine groups is 1. The van der Waals surface area contributed by atoms with Gasteiger partial charge in [-0.25, -0.2) is 0 Å². The molecule has 6 nitrogen and oxygen atoms in total. The largest absolute Gasteiger partial charge is 0.399 e. The van der Waals surface area contributed by atoms with Gasteiger partial charge in [-0.3, -0.25) is 4.98 Å². The Morgan fingerprint density at radius 2 is 1.60 bits per heavy atom. The predicted octanol–water partition coefficient (Wildman–Crippen LogP) is 2.36. The molecular weight excluding hydrogens is 312 g/mol. The molecule has 2 aromatic carbocycles. The van der Waals surface area contributed by atoms with E-state index in [1.165, 1.54) is 0 Å². The SMILES string of the molecule is NC(N)=N/N=C(/c1ccccc1)c1ccc(-c2cccc(N)c2)cn1. The molecule has 1 heterocycles. The van der Waals surface area contributed by atoms with E-state index in [1.807, 2.05) is 66.7 Å². The van der Waals surface area contributed by atoms with Crippen LogP contribution in [0.25, 0.3) is 11.1 Å². The first kappa shape index (κ1) is 16.2. The van der Waals surface area contributed by atoms with Gasteiger partial charge in [0.1, 0.15) is 5.71 Å². The number of nitrogen functional groups attached to an aromatic ring is 1. The molecule has 0 unspecified atom stereocenters. The van der Waals surface area contributed by atoms with Crippen LogP contribution in [0.2, 0.25) is 0 Å². The maximum Gasteiger partial charge on any atom is 0.211 e. The zero-order valence-electron chi connectivity index (χ0n) is 13.5. The molecule has 0 aliphatic carbocycles. The highest BCUT2D eigenvalue weighted by atomic mass is 15.3. The average molecular weight is 330 g/mol. The summed E-state index contributed by atoms with van der Waals surface area (Å²) < 4.78 is 0. The van der Waals surface area contributed by atoms with Crippen LogP contribution in [0.3, 0.4) is 0 Å². The summed E-state index contributed by atoms with van der Waals surface area (Å²) in [4.78, 5) is 4.52. The van der Waals surface area contributed by atoms with Crippen LogP contribution in [0.5, 0.6) is 0 Å². The van der Waals surface area contributed by atoms with Crippen LogP contribution in [-0.2, 0) is 0 Å². The van der Waals surface area contributed by atoms with E-state index in [1.54, 1.807) is 6.20 Å². The summed E-state index contributed by atoms with van der Waals surface area (Å²) in [5, 5.41) is 7.93. The lowest BCUT2D eigenvalue weighted by atomic mass is 10.0. The van der Waals surface area contributed by atoms with Crippen molar-refractivity contribution in [2.45, 2.75) is 0 Å². The number of nitrogens with zero attached hydrogens (tertiary/aromatic N) is 3. The first-order valence-electron chi connectivity index (χ1n) is 7.68. The third-order valence-electron chi connectivity index (χ3n) is 3.54. The number of benzene rings is 2. The Hall–Kier alpha value is -3.67. The van der Waals surface area contributed by atoms with Crippen LogP contribution in [0.15, 0.2) is 83.1 Å². The van der Waals surface area contributed by atoms with E-state index in [9.17, 15) is 0 Å². The molecule has 0 radical (unpaired) electrons. The number of hydrogen-bond acceptors (Lipinski definition) is 4. The van der Waals surface area contributed by atoms with Crippen LogP contribution in [-0.4, -0.2) is 16.7 Å². The number of hydrogen-bond donors (Lipinski definition) is 3. The predicted molar refractivity (Wildman–Crippen MR) is 102 cm³/mol. The number of pyridine rings is 1. The van der Waals surface area contributed by atoms with Gasteiger partial charge in [-0.1, -0.05) is 48.5 Å². The lowest BCUT2D eigenvalue weighted by Crippen LogP contribution is -2.22. The molecule has 3 aromatic rings. The smallest absolute Gasteiger partial charge is 0.211 e. The highest BCUT2D eigenvalue weighted by molar-refractivity contribution is 6.11. The Bertz CT molecular complexity index is 910. The van der Waals surface area contributed by atoms with Gasteiger partial charge in [-0.2, -0.15) is 0 Å². The number of anilines is 1. The van der Waals surface area contributed by atoms with E-state index < -0.39 is 0 Å². The number of nitrogens with two attached hydrogens (primary N) is 3. The fourth-order valence-corrected chi connectivity index (χ4v) is 2.38. The first-order chi connectivity index (χ1) is 12.1. The van der Waals surface area contributed by atoms with E-state index in [2.05, 4.69) is 15.2 Å². The van der Waals surface area contributed by atoms with E-state index in [0.29, 0.717) is 17.1 Å². The summed E-state index contributed by atoms with van der Waals surface area (Å²) in [6.07, 6.45) is 1.78. The fourth-order valence-electron chi connectivity index (χ4n) is 2.38. The Labute approximate surface area is 145 Å². The molecule has 6 heteroatoms. The molecule has 1 aromatic heterocycles. The van der Waals surface area contributed by atoms with Gasteiger partial charge in [-0.05, 0) is 23.8 Å². The van der Waals surface area contributed by atoms with Crippen molar-refractivity contribution in [1.82, 2.24) is 4.98 Å². The monoisotopic (exact) mass is 330 g/mol. The van der Waals surface area contributed by atoms with Crippen molar-refractivity contribution in [3.05, 3.63) is 84.2 Å². The van der Waals surface area contributed by atoms with Gasteiger partial charge in [0.05, 0.1) is 5.69 Å². The summed E-state index contributed by atoms with van der Waals surface area (Å²) in [6, 6.07) is 21.1. The lowest BCUT2D eigenvalue weighted by molar-refractivity contribution is 1.18. The van der Waals surface area contributed by atoms with Crippen LogP contribution in [0, 0.1) is 0 Å². The average Bonchev–Trinajstić information content (AvgIpc) is 2.63. The third-order valence-corrected chi connectivity index (χ3v) is 3.54. The minimum absolute atomic E-state index is 0.107. The maximum absolute atomic E-state index is 5.84. The Morgan fingerprint density at radius 3 is 2.24 bits per heavy atom. The zero-order chi connectivity index (χ0) is 17.6. The lowest BCUT2D eigenvalue weighted by Gasteiger charge is -2.07. The van der Waals surface area contributed by atoms with E-state index in [0.717, 1.165) is 16.7 Å². The molecule has 0 atom stereocenters. The Balaban J connectivity index is 2.00. The summed E-state index contributed by atoms with van der Waals surface area (Å²) in [6.45, 7) is 0. The first-order valence-corrected chi connectivity index (χ1v) is 7.68. The van der Waals surface area contributed by atoms with Crippen molar-refractivity contribution in [3.63, 3.8) is 0 Å². The second kappa shape index (κ2) is 7.27. The molecule has 0 aliphatic heterocycles. The molecule has 0 saturated heterocycles. The molecule has 0 bridgehead atoms. The molecule has 25 heavy (non-hydrogen) atoms. The molecule has 0 aliphatic rings. The fraction of sp³-hybridized carbons (Fsp3) is 0. The summed E-state index contributed by atoms with van der Waals surface area (Å²) in [5.74, 6) is -0.107. The summed E-state index contributed by atoms with van der Waals surface area (Å²) in [5.41, 5.74) is 21.4. The highest BCUT2D eigenvalue weighted by Crippen LogP contribution is 2.21. The van der Waals surface area contributed by atoms with Gasteiger partial charge in [0.2, 0.25) is 5.96 Å². The van der Waals surface area contributed by atoms with Crippen molar-refractivity contribution >= 4 is 17.4 Å². The number of aromatic nitrogens is 1. The topological polar surface area (TPSA) is 116 Å². The molecule has 6 N–H and O–H groups in total. The summed E-state index contributed by atoms with van der Waals surface area (Å²) in [7, 11) is 0. The van der Waals surface area contributed by atoms with Gasteiger partial charge in [0.25, 0.3) is 0 Å². The van der Waals surface area contributed by atoms with Gasteiger partial charge < -0.3 is 17.2 Å². The minimum atomic E-state index is -0.107. The molecule has 0 amide bonds. The Morgan fingerprint density at radius 1 is 0.800 bits per heavy atom. The van der Waals surface area contributed by atoms with Crippen molar-refractivity contribution in [2.24, 2.45) is 21.7 Å². The molecule has 0 fully saturated rings. The number of rotatable bonds is 4. The third kappa shape index (κ3) is 4.00. The van der Waals surface area contributed by atoms with Gasteiger partial charge >= 0.3 is 0 Å². The van der Waals surface area contributed by atoms with Gasteiger partial charge in [0.15, 0.2) is 0 Å². The minimum Gasteiger partial charge on any atom is -0.399 e. The Kier molecular flexibility index (Phi) is 4.71. The van der Waals surface area contributed by atoms with E-state index in [-0.39, 0.29) is 5.96 Å². The van der Waals surface area contributed by atoms with Crippen molar-refractivity contribution < 1.29 is 0 Å². The quantitative estimate of drug-likeness (QED) is 0.295. The molecule has 3 rings (SSSR count). The van der Waals surface area contributed by atoms with Crippen LogP contribution in [0.4, 0.5) is 5.69 Å². The van der Waals surface area contributed by atoms with Gasteiger partial charge in [-0.15, -0.1) is 10.2 Å². The van der Waals surface area contributed by atoms with Crippen LogP contribution >= 0.6 is 0 Å². The molecular formula is C19H18N6. The molecule has 0 spiro atoms. The van der Waals surface area contributed by atoms with Crippen LogP contribution < -0.4 is 17.2 Å². The van der Waals surface area contributed by atoms with Crippen molar-refractivity contribution in [1.29, 1.82) is 0 Å². The van der Waals surface area contributed by atoms with Crippen LogP contribution in [0.1, 0.15) is 11.3 Å². The van der Waals surface area contributed by atoms with Crippen molar-refractivity contribution in [2.75, 3.05) is 5.73 Å². The molecule has 124 valence electrons. The maximum atomic E-state index is 5.84. The standard InChI is InChI=1S/C19H18N6/c20-16-8-4-7-14(11-16)15-9-10-17(23-12-15)18(24-25-19(21)22)13-5-2-1-3-6-13/h1-12H,20H2,(H4,21,22,25)/b24-18-. The van der Waals surface area contributed by atoms with E-state index in [4.69, 9.17) is 17.2 Å². The second-order valence-corrected chi connectivity index (χ2v) is 5.40. The second-order valence-electron chi connectivity index (χ2n) is 5.40. The molecule has 0 saturated carbocycles. The van der Waals surface area contributed by atoms with E-state index >= 15 is 0 Å².